The zero-order chi connectivity index (χ0) is 12.8. The van der Waals surface area contributed by atoms with Crippen LogP contribution in [0.25, 0.3) is 0 Å². The summed E-state index contributed by atoms with van der Waals surface area (Å²) in [4.78, 5) is 2.60. The van der Waals surface area contributed by atoms with E-state index >= 15 is 0 Å². The van der Waals surface area contributed by atoms with Gasteiger partial charge in [0.15, 0.2) is 0 Å². The first-order chi connectivity index (χ1) is 8.08. The summed E-state index contributed by atoms with van der Waals surface area (Å²) >= 11 is 5.79. The van der Waals surface area contributed by atoms with E-state index in [2.05, 4.69) is 37.9 Å². The standard InChI is InChI=1S/C14H27ClN2/c1-5-6-13-8-16-14(11(2)3)10-17(13)9-12(4)7-15/h7,11,13-14,16H,5-6,8-10H2,1-4H3. The molecule has 0 amide bonds. The van der Waals surface area contributed by atoms with Gasteiger partial charge in [-0.25, -0.2) is 0 Å². The van der Waals surface area contributed by atoms with Crippen LogP contribution in [0.5, 0.6) is 0 Å². The summed E-state index contributed by atoms with van der Waals surface area (Å²) in [7, 11) is 0. The van der Waals surface area contributed by atoms with E-state index in [1.165, 1.54) is 18.4 Å². The molecule has 1 aliphatic rings. The SMILES string of the molecule is CCCC1CNC(C(C)C)CN1CC(C)=CCl. The highest BCUT2D eigenvalue weighted by Crippen LogP contribution is 2.17. The summed E-state index contributed by atoms with van der Waals surface area (Å²) in [5.74, 6) is 0.695. The quantitative estimate of drug-likeness (QED) is 0.815. The summed E-state index contributed by atoms with van der Waals surface area (Å²) < 4.78 is 0. The van der Waals surface area contributed by atoms with Crippen molar-refractivity contribution in [2.45, 2.75) is 52.6 Å². The van der Waals surface area contributed by atoms with Gasteiger partial charge in [-0.15, -0.1) is 0 Å². The second-order valence-electron chi connectivity index (χ2n) is 5.59. The van der Waals surface area contributed by atoms with Gasteiger partial charge in [-0.05, 0) is 24.8 Å². The lowest BCUT2D eigenvalue weighted by molar-refractivity contribution is 0.117. The van der Waals surface area contributed by atoms with Crippen LogP contribution in [0.15, 0.2) is 11.1 Å². The van der Waals surface area contributed by atoms with Gasteiger partial charge >= 0.3 is 0 Å². The average molecular weight is 259 g/mol. The van der Waals surface area contributed by atoms with Gasteiger partial charge in [0.05, 0.1) is 0 Å². The Morgan fingerprint density at radius 1 is 1.53 bits per heavy atom. The minimum absolute atomic E-state index is 0.617. The van der Waals surface area contributed by atoms with E-state index in [0.29, 0.717) is 18.0 Å². The summed E-state index contributed by atoms with van der Waals surface area (Å²) in [6.45, 7) is 12.2. The van der Waals surface area contributed by atoms with Gasteiger partial charge in [-0.1, -0.05) is 38.8 Å². The molecular formula is C14H27ClN2. The van der Waals surface area contributed by atoms with Crippen molar-refractivity contribution in [2.24, 2.45) is 5.92 Å². The summed E-state index contributed by atoms with van der Waals surface area (Å²) in [5.41, 5.74) is 2.98. The highest BCUT2D eigenvalue weighted by molar-refractivity contribution is 6.25. The van der Waals surface area contributed by atoms with Crippen molar-refractivity contribution >= 4 is 11.6 Å². The number of nitrogens with one attached hydrogen (secondary N) is 1. The molecule has 1 saturated heterocycles. The van der Waals surface area contributed by atoms with Crippen molar-refractivity contribution < 1.29 is 0 Å². The van der Waals surface area contributed by atoms with E-state index in [1.54, 1.807) is 5.54 Å². The molecule has 0 aromatic rings. The number of nitrogens with zero attached hydrogens (tertiary/aromatic N) is 1. The molecule has 2 atom stereocenters. The maximum absolute atomic E-state index is 5.79. The van der Waals surface area contributed by atoms with Gasteiger partial charge in [0.25, 0.3) is 0 Å². The number of halogens is 1. The van der Waals surface area contributed by atoms with Crippen molar-refractivity contribution in [1.82, 2.24) is 10.2 Å². The van der Waals surface area contributed by atoms with Crippen molar-refractivity contribution in [2.75, 3.05) is 19.6 Å². The Labute approximate surface area is 111 Å². The monoisotopic (exact) mass is 258 g/mol. The molecule has 1 rings (SSSR count). The van der Waals surface area contributed by atoms with Crippen LogP contribution in [-0.2, 0) is 0 Å². The van der Waals surface area contributed by atoms with Crippen LogP contribution in [-0.4, -0.2) is 36.6 Å². The molecule has 100 valence electrons. The third-order valence-corrected chi connectivity index (χ3v) is 4.00. The third-order valence-electron chi connectivity index (χ3n) is 3.63. The smallest absolute Gasteiger partial charge is 0.0224 e. The first-order valence-corrected chi connectivity index (χ1v) is 7.25. The van der Waals surface area contributed by atoms with Crippen molar-refractivity contribution in [3.8, 4) is 0 Å². The van der Waals surface area contributed by atoms with Crippen LogP contribution in [0.2, 0.25) is 0 Å². The van der Waals surface area contributed by atoms with Gasteiger partial charge in [-0.2, -0.15) is 0 Å². The molecule has 0 bridgehead atoms. The van der Waals surface area contributed by atoms with Crippen molar-refractivity contribution in [3.63, 3.8) is 0 Å². The van der Waals surface area contributed by atoms with E-state index in [4.69, 9.17) is 11.6 Å². The molecule has 0 aliphatic carbocycles. The Morgan fingerprint density at radius 3 is 2.76 bits per heavy atom. The lowest BCUT2D eigenvalue weighted by atomic mass is 9.97. The normalized spacial score (nSPS) is 27.8. The second kappa shape index (κ2) is 7.40. The molecule has 0 aromatic heterocycles. The van der Waals surface area contributed by atoms with E-state index in [0.717, 1.165) is 19.6 Å². The molecule has 2 unspecified atom stereocenters. The minimum Gasteiger partial charge on any atom is -0.311 e. The zero-order valence-corrected chi connectivity index (χ0v) is 12.4. The number of hydrogen-bond donors (Lipinski definition) is 1. The Bertz CT molecular complexity index is 251. The minimum atomic E-state index is 0.617. The molecule has 1 heterocycles. The van der Waals surface area contributed by atoms with E-state index in [-0.39, 0.29) is 0 Å². The molecule has 3 heteroatoms. The van der Waals surface area contributed by atoms with Crippen LogP contribution in [0.4, 0.5) is 0 Å². The fourth-order valence-electron chi connectivity index (χ4n) is 2.50. The molecule has 0 saturated carbocycles. The van der Waals surface area contributed by atoms with Gasteiger partial charge in [-0.3, -0.25) is 4.90 Å². The Morgan fingerprint density at radius 2 is 2.24 bits per heavy atom. The maximum atomic E-state index is 5.79. The van der Waals surface area contributed by atoms with Crippen LogP contribution in [0, 0.1) is 5.92 Å². The van der Waals surface area contributed by atoms with E-state index in [9.17, 15) is 0 Å². The molecule has 1 fully saturated rings. The number of hydrogen-bond acceptors (Lipinski definition) is 2. The molecule has 1 aliphatic heterocycles. The van der Waals surface area contributed by atoms with Crippen LogP contribution >= 0.6 is 11.6 Å². The summed E-state index contributed by atoms with van der Waals surface area (Å²) in [6.07, 6.45) is 2.52. The van der Waals surface area contributed by atoms with Crippen LogP contribution in [0.3, 0.4) is 0 Å². The molecular weight excluding hydrogens is 232 g/mol. The van der Waals surface area contributed by atoms with Gasteiger partial charge in [0, 0.05) is 37.3 Å². The third kappa shape index (κ3) is 4.61. The molecule has 2 nitrogen and oxygen atoms in total. The van der Waals surface area contributed by atoms with E-state index in [1.807, 2.05) is 0 Å². The summed E-state index contributed by atoms with van der Waals surface area (Å²) in [6, 6.07) is 1.28. The molecule has 0 aromatic carbocycles. The predicted molar refractivity (Wildman–Crippen MR) is 76.5 cm³/mol. The Kier molecular flexibility index (Phi) is 6.53. The van der Waals surface area contributed by atoms with Crippen LogP contribution in [0.1, 0.15) is 40.5 Å². The predicted octanol–water partition coefficient (Wildman–Crippen LogP) is 3.23. The first-order valence-electron chi connectivity index (χ1n) is 6.81. The molecule has 1 N–H and O–H groups in total. The Hall–Kier alpha value is -0.0500. The van der Waals surface area contributed by atoms with Gasteiger partial charge < -0.3 is 5.32 Å². The average Bonchev–Trinajstić information content (AvgIpc) is 2.31. The topological polar surface area (TPSA) is 15.3 Å². The summed E-state index contributed by atoms with van der Waals surface area (Å²) in [5, 5.41) is 3.68. The highest BCUT2D eigenvalue weighted by atomic mass is 35.5. The second-order valence-corrected chi connectivity index (χ2v) is 5.80. The van der Waals surface area contributed by atoms with Crippen molar-refractivity contribution in [1.29, 1.82) is 0 Å². The van der Waals surface area contributed by atoms with Gasteiger partial charge in [0.2, 0.25) is 0 Å². The lowest BCUT2D eigenvalue weighted by Gasteiger charge is -2.42. The fourth-order valence-corrected chi connectivity index (χ4v) is 2.56. The first kappa shape index (κ1) is 15.0. The maximum Gasteiger partial charge on any atom is 0.0224 e. The molecule has 17 heavy (non-hydrogen) atoms. The van der Waals surface area contributed by atoms with E-state index < -0.39 is 0 Å². The lowest BCUT2D eigenvalue weighted by Crippen LogP contribution is -2.58. The zero-order valence-electron chi connectivity index (χ0n) is 11.7. The Balaban J connectivity index is 2.62. The highest BCUT2D eigenvalue weighted by Gasteiger charge is 2.28. The number of rotatable bonds is 5. The molecule has 0 spiro atoms. The van der Waals surface area contributed by atoms with Gasteiger partial charge in [0.1, 0.15) is 0 Å². The number of piperazine rings is 1. The fraction of sp³-hybridized carbons (Fsp3) is 0.857. The van der Waals surface area contributed by atoms with Crippen molar-refractivity contribution in [3.05, 3.63) is 11.1 Å². The largest absolute Gasteiger partial charge is 0.311 e. The van der Waals surface area contributed by atoms with Crippen LogP contribution < -0.4 is 5.32 Å². The molecule has 0 radical (unpaired) electrons.